The number of rotatable bonds is 5. The first-order valence-electron chi connectivity index (χ1n) is 8.49. The molecular formula is C18H25N3O2S. The fraction of sp³-hybridized carbons (Fsp3) is 0.556. The average Bonchev–Trinajstić information content (AvgIpc) is 3.20. The quantitative estimate of drug-likeness (QED) is 0.834. The van der Waals surface area contributed by atoms with E-state index in [9.17, 15) is 4.79 Å². The molecule has 24 heavy (non-hydrogen) atoms. The van der Waals surface area contributed by atoms with Crippen LogP contribution < -0.4 is 0 Å². The van der Waals surface area contributed by atoms with Crippen molar-refractivity contribution in [2.75, 3.05) is 26.2 Å². The standard InChI is InChI=1S/C18H25N3O2S/c1-13(10-16-4-9-24-12-16)20-5-7-21(8-6-20)18(22)11-17-14(2)19-23-15(17)3/h4,9,12-13H,5-8,10-11H2,1-3H3. The number of carbonyl (C=O) groups excluding carboxylic acids is 1. The number of carbonyl (C=O) groups is 1. The van der Waals surface area contributed by atoms with Gasteiger partial charge in [-0.05, 0) is 49.6 Å². The molecule has 3 rings (SSSR count). The second kappa shape index (κ2) is 7.49. The van der Waals surface area contributed by atoms with Gasteiger partial charge >= 0.3 is 0 Å². The first kappa shape index (κ1) is 17.2. The van der Waals surface area contributed by atoms with E-state index in [-0.39, 0.29) is 5.91 Å². The van der Waals surface area contributed by atoms with Gasteiger partial charge in [-0.3, -0.25) is 9.69 Å². The third-order valence-electron chi connectivity index (χ3n) is 4.91. The van der Waals surface area contributed by atoms with Gasteiger partial charge in [-0.25, -0.2) is 0 Å². The summed E-state index contributed by atoms with van der Waals surface area (Å²) in [4.78, 5) is 17.0. The van der Waals surface area contributed by atoms with Crippen molar-refractivity contribution in [3.05, 3.63) is 39.4 Å². The molecule has 0 radical (unpaired) electrons. The van der Waals surface area contributed by atoms with Crippen LogP contribution in [0.2, 0.25) is 0 Å². The molecule has 0 N–H and O–H groups in total. The Bertz CT molecular complexity index is 653. The number of hydrogen-bond acceptors (Lipinski definition) is 5. The summed E-state index contributed by atoms with van der Waals surface area (Å²) in [7, 11) is 0. The highest BCUT2D eigenvalue weighted by molar-refractivity contribution is 7.07. The van der Waals surface area contributed by atoms with Crippen LogP contribution in [0.3, 0.4) is 0 Å². The van der Waals surface area contributed by atoms with E-state index in [2.05, 4.69) is 33.8 Å². The minimum absolute atomic E-state index is 0.175. The molecule has 1 fully saturated rings. The molecule has 0 aromatic carbocycles. The van der Waals surface area contributed by atoms with Crippen LogP contribution in [0.1, 0.15) is 29.5 Å². The van der Waals surface area contributed by atoms with Gasteiger partial charge < -0.3 is 9.42 Å². The topological polar surface area (TPSA) is 49.6 Å². The molecule has 1 aliphatic heterocycles. The maximum atomic E-state index is 12.5. The number of piperazine rings is 1. The second-order valence-electron chi connectivity index (χ2n) is 6.58. The molecule has 6 heteroatoms. The summed E-state index contributed by atoms with van der Waals surface area (Å²) in [5, 5.41) is 8.29. The highest BCUT2D eigenvalue weighted by Crippen LogP contribution is 2.17. The largest absolute Gasteiger partial charge is 0.361 e. The van der Waals surface area contributed by atoms with Crippen LogP contribution in [-0.2, 0) is 17.6 Å². The van der Waals surface area contributed by atoms with Crippen LogP contribution in [-0.4, -0.2) is 53.1 Å². The number of amides is 1. The zero-order valence-electron chi connectivity index (χ0n) is 14.6. The fourth-order valence-corrected chi connectivity index (χ4v) is 3.99. The summed E-state index contributed by atoms with van der Waals surface area (Å²) in [6.45, 7) is 9.53. The Hall–Kier alpha value is -1.66. The van der Waals surface area contributed by atoms with Crippen LogP contribution in [0.4, 0.5) is 0 Å². The lowest BCUT2D eigenvalue weighted by molar-refractivity contribution is -0.132. The Morgan fingerprint density at radius 3 is 2.67 bits per heavy atom. The van der Waals surface area contributed by atoms with Crippen molar-refractivity contribution >= 4 is 17.2 Å². The number of hydrogen-bond donors (Lipinski definition) is 0. The van der Waals surface area contributed by atoms with Crippen molar-refractivity contribution in [2.24, 2.45) is 0 Å². The third kappa shape index (κ3) is 3.87. The van der Waals surface area contributed by atoms with Gasteiger partial charge in [0, 0.05) is 37.8 Å². The van der Waals surface area contributed by atoms with E-state index in [0.29, 0.717) is 12.5 Å². The first-order valence-corrected chi connectivity index (χ1v) is 9.43. The van der Waals surface area contributed by atoms with Gasteiger partial charge in [-0.1, -0.05) is 5.16 Å². The highest BCUT2D eigenvalue weighted by atomic mass is 32.1. The van der Waals surface area contributed by atoms with Gasteiger partial charge in [0.15, 0.2) is 0 Å². The minimum Gasteiger partial charge on any atom is -0.361 e. The molecule has 2 aromatic heterocycles. The van der Waals surface area contributed by atoms with E-state index in [0.717, 1.165) is 49.6 Å². The van der Waals surface area contributed by atoms with E-state index in [1.165, 1.54) is 5.56 Å². The van der Waals surface area contributed by atoms with Crippen molar-refractivity contribution in [3.63, 3.8) is 0 Å². The Balaban J connectivity index is 1.50. The minimum atomic E-state index is 0.175. The Morgan fingerprint density at radius 1 is 1.33 bits per heavy atom. The van der Waals surface area contributed by atoms with Crippen LogP contribution in [0.15, 0.2) is 21.3 Å². The highest BCUT2D eigenvalue weighted by Gasteiger charge is 2.25. The lowest BCUT2D eigenvalue weighted by atomic mass is 10.1. The van der Waals surface area contributed by atoms with E-state index in [4.69, 9.17) is 4.52 Å². The van der Waals surface area contributed by atoms with Gasteiger partial charge in [0.1, 0.15) is 5.76 Å². The summed E-state index contributed by atoms with van der Waals surface area (Å²) in [5.41, 5.74) is 3.17. The molecule has 0 aliphatic carbocycles. The second-order valence-corrected chi connectivity index (χ2v) is 7.36. The van der Waals surface area contributed by atoms with Crippen molar-refractivity contribution in [2.45, 2.75) is 39.7 Å². The van der Waals surface area contributed by atoms with Crippen LogP contribution in [0.25, 0.3) is 0 Å². The van der Waals surface area contributed by atoms with Crippen molar-refractivity contribution in [3.8, 4) is 0 Å². The van der Waals surface area contributed by atoms with Crippen LogP contribution >= 0.6 is 11.3 Å². The van der Waals surface area contributed by atoms with E-state index in [1.54, 1.807) is 11.3 Å². The van der Waals surface area contributed by atoms with Gasteiger partial charge in [-0.2, -0.15) is 11.3 Å². The van der Waals surface area contributed by atoms with Gasteiger partial charge in [-0.15, -0.1) is 0 Å². The normalized spacial score (nSPS) is 17.2. The molecular weight excluding hydrogens is 322 g/mol. The van der Waals surface area contributed by atoms with Gasteiger partial charge in [0.05, 0.1) is 12.1 Å². The Morgan fingerprint density at radius 2 is 2.08 bits per heavy atom. The molecule has 5 nitrogen and oxygen atoms in total. The molecule has 0 saturated carbocycles. The molecule has 3 heterocycles. The smallest absolute Gasteiger partial charge is 0.227 e. The molecule has 1 atom stereocenters. The van der Waals surface area contributed by atoms with Crippen molar-refractivity contribution in [1.29, 1.82) is 0 Å². The molecule has 0 spiro atoms. The van der Waals surface area contributed by atoms with Gasteiger partial charge in [0.2, 0.25) is 5.91 Å². The Labute approximate surface area is 147 Å². The lowest BCUT2D eigenvalue weighted by Gasteiger charge is -2.38. The zero-order chi connectivity index (χ0) is 17.1. The summed E-state index contributed by atoms with van der Waals surface area (Å²) in [5.74, 6) is 0.929. The number of aryl methyl sites for hydroxylation is 2. The lowest BCUT2D eigenvalue weighted by Crippen LogP contribution is -2.52. The van der Waals surface area contributed by atoms with E-state index in [1.807, 2.05) is 18.7 Å². The molecule has 2 aromatic rings. The van der Waals surface area contributed by atoms with E-state index >= 15 is 0 Å². The predicted molar refractivity (Wildman–Crippen MR) is 95.3 cm³/mol. The monoisotopic (exact) mass is 347 g/mol. The number of thiophene rings is 1. The predicted octanol–water partition coefficient (Wildman–Crippen LogP) is 2.67. The molecule has 1 saturated heterocycles. The number of aromatic nitrogens is 1. The fourth-order valence-electron chi connectivity index (χ4n) is 3.31. The molecule has 1 amide bonds. The van der Waals surface area contributed by atoms with Crippen molar-refractivity contribution in [1.82, 2.24) is 15.0 Å². The molecule has 0 bridgehead atoms. The maximum Gasteiger partial charge on any atom is 0.227 e. The van der Waals surface area contributed by atoms with Crippen LogP contribution in [0, 0.1) is 13.8 Å². The van der Waals surface area contributed by atoms with Gasteiger partial charge in [0.25, 0.3) is 0 Å². The zero-order valence-corrected chi connectivity index (χ0v) is 15.4. The maximum absolute atomic E-state index is 12.5. The molecule has 1 unspecified atom stereocenters. The SMILES string of the molecule is Cc1noc(C)c1CC(=O)N1CCN(C(C)Cc2ccsc2)CC1. The summed E-state index contributed by atoms with van der Waals surface area (Å²) in [6, 6.07) is 2.71. The van der Waals surface area contributed by atoms with Crippen molar-refractivity contribution < 1.29 is 9.32 Å². The number of nitrogens with zero attached hydrogens (tertiary/aromatic N) is 3. The molecule has 1 aliphatic rings. The third-order valence-corrected chi connectivity index (χ3v) is 5.64. The summed E-state index contributed by atoms with van der Waals surface area (Å²) >= 11 is 1.75. The van der Waals surface area contributed by atoms with Crippen LogP contribution in [0.5, 0.6) is 0 Å². The summed E-state index contributed by atoms with van der Waals surface area (Å²) in [6.07, 6.45) is 1.47. The average molecular weight is 347 g/mol. The summed E-state index contributed by atoms with van der Waals surface area (Å²) < 4.78 is 5.15. The van der Waals surface area contributed by atoms with E-state index < -0.39 is 0 Å². The first-order chi connectivity index (χ1) is 11.5. The molecule has 130 valence electrons. The Kier molecular flexibility index (Phi) is 5.36.